The largest absolute Gasteiger partial charge is 0.368 e. The summed E-state index contributed by atoms with van der Waals surface area (Å²) in [5.41, 5.74) is 2.65. The van der Waals surface area contributed by atoms with Gasteiger partial charge in [-0.05, 0) is 31.5 Å². The fourth-order valence-corrected chi connectivity index (χ4v) is 3.07. The Hall–Kier alpha value is -2.13. The first-order valence-electron chi connectivity index (χ1n) is 7.15. The van der Waals surface area contributed by atoms with Gasteiger partial charge in [0.15, 0.2) is 0 Å². The first-order chi connectivity index (χ1) is 10.7. The van der Waals surface area contributed by atoms with Gasteiger partial charge in [-0.25, -0.2) is 9.97 Å². The highest BCUT2D eigenvalue weighted by atomic mass is 79.9. The molecule has 22 heavy (non-hydrogen) atoms. The molecule has 2 aromatic rings. The molecule has 1 atom stereocenters. The van der Waals surface area contributed by atoms with Gasteiger partial charge in [0.2, 0.25) is 0 Å². The highest BCUT2D eigenvalue weighted by Gasteiger charge is 2.24. The number of hydrogen-bond donors (Lipinski definition) is 1. The van der Waals surface area contributed by atoms with Crippen LogP contribution in [0, 0.1) is 18.3 Å². The molecule has 1 N–H and O–H groups in total. The van der Waals surface area contributed by atoms with Crippen molar-refractivity contribution in [1.82, 2.24) is 9.97 Å². The zero-order valence-electron chi connectivity index (χ0n) is 12.3. The Bertz CT molecular complexity index is 725. The number of benzene rings is 1. The predicted molar refractivity (Wildman–Crippen MR) is 89.9 cm³/mol. The molecule has 0 spiro atoms. The Balaban J connectivity index is 1.71. The average molecular weight is 358 g/mol. The summed E-state index contributed by atoms with van der Waals surface area (Å²) in [6.45, 7) is 3.74. The lowest BCUT2D eigenvalue weighted by atomic mass is 10.2. The number of nitriles is 1. The minimum atomic E-state index is 0.324. The zero-order valence-corrected chi connectivity index (χ0v) is 13.8. The summed E-state index contributed by atoms with van der Waals surface area (Å²) >= 11 is 3.41. The van der Waals surface area contributed by atoms with E-state index in [1.165, 1.54) is 0 Å². The van der Waals surface area contributed by atoms with Gasteiger partial charge in [-0.1, -0.05) is 15.9 Å². The van der Waals surface area contributed by atoms with Crippen molar-refractivity contribution in [2.24, 2.45) is 0 Å². The SMILES string of the molecule is Cc1cc(NC2CCN(c3ccc(Br)cc3C#N)C2)ncn1. The van der Waals surface area contributed by atoms with Crippen molar-refractivity contribution in [2.45, 2.75) is 19.4 Å². The van der Waals surface area contributed by atoms with Gasteiger partial charge in [0, 0.05) is 35.4 Å². The number of rotatable bonds is 3. The van der Waals surface area contributed by atoms with E-state index >= 15 is 0 Å². The monoisotopic (exact) mass is 357 g/mol. The van der Waals surface area contributed by atoms with Crippen LogP contribution in [0.15, 0.2) is 35.1 Å². The molecule has 6 heteroatoms. The van der Waals surface area contributed by atoms with Crippen LogP contribution in [0.1, 0.15) is 17.7 Å². The Morgan fingerprint density at radius 3 is 3.00 bits per heavy atom. The average Bonchev–Trinajstić information content (AvgIpc) is 2.95. The van der Waals surface area contributed by atoms with Crippen LogP contribution in [0.3, 0.4) is 0 Å². The van der Waals surface area contributed by atoms with Crippen molar-refractivity contribution in [3.05, 3.63) is 46.3 Å². The van der Waals surface area contributed by atoms with Crippen LogP contribution in [0.25, 0.3) is 0 Å². The normalized spacial score (nSPS) is 17.3. The third-order valence-electron chi connectivity index (χ3n) is 3.76. The minimum absolute atomic E-state index is 0.324. The zero-order chi connectivity index (χ0) is 15.5. The lowest BCUT2D eigenvalue weighted by molar-refractivity contribution is 0.798. The van der Waals surface area contributed by atoms with Crippen LogP contribution in [-0.2, 0) is 0 Å². The molecule has 0 aliphatic carbocycles. The predicted octanol–water partition coefficient (Wildman–Crippen LogP) is 3.11. The number of hydrogen-bond acceptors (Lipinski definition) is 5. The molecule has 1 fully saturated rings. The molecule has 1 aliphatic rings. The number of halogens is 1. The summed E-state index contributed by atoms with van der Waals surface area (Å²) in [5, 5.41) is 12.8. The molecule has 0 radical (unpaired) electrons. The number of aromatic nitrogens is 2. The first kappa shape index (κ1) is 14.8. The van der Waals surface area contributed by atoms with E-state index in [0.717, 1.165) is 41.2 Å². The van der Waals surface area contributed by atoms with Gasteiger partial charge in [-0.2, -0.15) is 5.26 Å². The molecular weight excluding hydrogens is 342 g/mol. The van der Waals surface area contributed by atoms with Crippen LogP contribution in [0.4, 0.5) is 11.5 Å². The minimum Gasteiger partial charge on any atom is -0.368 e. The third-order valence-corrected chi connectivity index (χ3v) is 4.26. The summed E-state index contributed by atoms with van der Waals surface area (Å²) in [7, 11) is 0. The highest BCUT2D eigenvalue weighted by Crippen LogP contribution is 2.27. The second-order valence-corrected chi connectivity index (χ2v) is 6.31. The van der Waals surface area contributed by atoms with Crippen LogP contribution >= 0.6 is 15.9 Å². The van der Waals surface area contributed by atoms with Crippen molar-refractivity contribution in [3.63, 3.8) is 0 Å². The van der Waals surface area contributed by atoms with E-state index in [-0.39, 0.29) is 0 Å². The van der Waals surface area contributed by atoms with Gasteiger partial charge >= 0.3 is 0 Å². The number of anilines is 2. The van der Waals surface area contributed by atoms with Crippen LogP contribution in [-0.4, -0.2) is 29.1 Å². The van der Waals surface area contributed by atoms with Crippen LogP contribution in [0.2, 0.25) is 0 Å². The topological polar surface area (TPSA) is 64.8 Å². The quantitative estimate of drug-likeness (QED) is 0.913. The molecule has 5 nitrogen and oxygen atoms in total. The van der Waals surface area contributed by atoms with E-state index in [9.17, 15) is 5.26 Å². The third kappa shape index (κ3) is 3.20. The van der Waals surface area contributed by atoms with Crippen molar-refractivity contribution < 1.29 is 0 Å². The lowest BCUT2D eigenvalue weighted by Gasteiger charge is -2.20. The van der Waals surface area contributed by atoms with E-state index in [0.29, 0.717) is 11.6 Å². The Morgan fingerprint density at radius 2 is 2.23 bits per heavy atom. The van der Waals surface area contributed by atoms with E-state index in [2.05, 4.69) is 42.2 Å². The molecule has 2 heterocycles. The van der Waals surface area contributed by atoms with Crippen molar-refractivity contribution >= 4 is 27.4 Å². The van der Waals surface area contributed by atoms with E-state index in [1.54, 1.807) is 6.33 Å². The summed E-state index contributed by atoms with van der Waals surface area (Å²) in [6.07, 6.45) is 2.59. The van der Waals surface area contributed by atoms with Crippen molar-refractivity contribution in [3.8, 4) is 6.07 Å². The number of nitrogens with one attached hydrogen (secondary N) is 1. The van der Waals surface area contributed by atoms with Gasteiger partial charge in [-0.3, -0.25) is 0 Å². The molecule has 1 aromatic carbocycles. The molecular formula is C16H16BrN5. The summed E-state index contributed by atoms with van der Waals surface area (Å²) in [6, 6.07) is 10.4. The molecule has 0 amide bonds. The van der Waals surface area contributed by atoms with Crippen LogP contribution in [0.5, 0.6) is 0 Å². The van der Waals surface area contributed by atoms with E-state index < -0.39 is 0 Å². The molecule has 112 valence electrons. The smallest absolute Gasteiger partial charge is 0.129 e. The Labute approximate surface area is 138 Å². The van der Waals surface area contributed by atoms with Gasteiger partial charge in [0.05, 0.1) is 11.3 Å². The maximum absolute atomic E-state index is 9.30. The fraction of sp³-hybridized carbons (Fsp3) is 0.312. The van der Waals surface area contributed by atoms with Gasteiger partial charge in [0.1, 0.15) is 18.2 Å². The lowest BCUT2D eigenvalue weighted by Crippen LogP contribution is -2.26. The second-order valence-electron chi connectivity index (χ2n) is 5.39. The van der Waals surface area contributed by atoms with Gasteiger partial charge in [0.25, 0.3) is 0 Å². The first-order valence-corrected chi connectivity index (χ1v) is 7.95. The maximum Gasteiger partial charge on any atom is 0.129 e. The second kappa shape index (κ2) is 6.32. The Kier molecular flexibility index (Phi) is 4.25. The summed E-state index contributed by atoms with van der Waals surface area (Å²) in [4.78, 5) is 10.6. The molecule has 1 aliphatic heterocycles. The number of aryl methyl sites for hydroxylation is 1. The Morgan fingerprint density at radius 1 is 1.36 bits per heavy atom. The van der Waals surface area contributed by atoms with E-state index in [4.69, 9.17) is 0 Å². The van der Waals surface area contributed by atoms with Crippen molar-refractivity contribution in [2.75, 3.05) is 23.3 Å². The molecule has 1 saturated heterocycles. The summed E-state index contributed by atoms with van der Waals surface area (Å²) in [5.74, 6) is 0.857. The molecule has 3 rings (SSSR count). The molecule has 1 unspecified atom stereocenters. The van der Waals surface area contributed by atoms with Gasteiger partial charge in [-0.15, -0.1) is 0 Å². The summed E-state index contributed by atoms with van der Waals surface area (Å²) < 4.78 is 0.929. The van der Waals surface area contributed by atoms with Crippen molar-refractivity contribution in [1.29, 1.82) is 5.26 Å². The molecule has 0 bridgehead atoms. The van der Waals surface area contributed by atoms with Crippen LogP contribution < -0.4 is 10.2 Å². The standard InChI is InChI=1S/C16H16BrN5/c1-11-6-16(20-10-19-11)21-14-4-5-22(9-14)15-3-2-13(17)7-12(15)8-18/h2-3,6-7,10,14H,4-5,9H2,1H3,(H,19,20,21). The van der Waals surface area contributed by atoms with Gasteiger partial charge < -0.3 is 10.2 Å². The molecule has 1 aromatic heterocycles. The number of nitrogens with zero attached hydrogens (tertiary/aromatic N) is 4. The maximum atomic E-state index is 9.30. The fourth-order valence-electron chi connectivity index (χ4n) is 2.71. The highest BCUT2D eigenvalue weighted by molar-refractivity contribution is 9.10. The van der Waals surface area contributed by atoms with E-state index in [1.807, 2.05) is 31.2 Å². The molecule has 0 saturated carbocycles.